The molecule has 11 aromatic rings. The first-order valence-electron chi connectivity index (χ1n) is 20.5. The number of fused-ring (bicyclic) bond motifs is 10. The summed E-state index contributed by atoms with van der Waals surface area (Å²) in [6, 6.07) is 74.8. The van der Waals surface area contributed by atoms with E-state index in [1.54, 1.807) is 0 Å². The molecule has 13 rings (SSSR count). The van der Waals surface area contributed by atoms with Gasteiger partial charge in [-0.15, -0.1) is 11.3 Å². The summed E-state index contributed by atoms with van der Waals surface area (Å²) in [6.45, 7) is 0. The Morgan fingerprint density at radius 3 is 1.68 bits per heavy atom. The molecule has 1 saturated heterocycles. The Hall–Kier alpha value is -6.91. The number of rotatable bonds is 5. The molecule has 0 spiro atoms. The second-order valence-electron chi connectivity index (χ2n) is 16.2. The van der Waals surface area contributed by atoms with Gasteiger partial charge in [0.1, 0.15) is 6.17 Å². The van der Waals surface area contributed by atoms with Gasteiger partial charge in [-0.3, -0.25) is 9.89 Å². The summed E-state index contributed by atoms with van der Waals surface area (Å²) in [5.41, 5.74) is 9.84. The zero-order valence-electron chi connectivity index (χ0n) is 32.1. The van der Waals surface area contributed by atoms with Crippen LogP contribution in [0, 0.1) is 0 Å². The van der Waals surface area contributed by atoms with Crippen molar-refractivity contribution < 1.29 is 0 Å². The highest BCUT2D eigenvalue weighted by Crippen LogP contribution is 2.57. The summed E-state index contributed by atoms with van der Waals surface area (Å²) >= 11 is 1.90. The van der Waals surface area contributed by atoms with Gasteiger partial charge in [0.2, 0.25) is 0 Å². The van der Waals surface area contributed by atoms with Crippen LogP contribution in [0.25, 0.3) is 85.5 Å². The van der Waals surface area contributed by atoms with Crippen LogP contribution in [0.4, 0.5) is 0 Å². The van der Waals surface area contributed by atoms with Crippen LogP contribution in [-0.2, 0) is 0 Å². The number of nitrogens with zero attached hydrogens (tertiary/aromatic N) is 2. The van der Waals surface area contributed by atoms with E-state index in [0.717, 1.165) is 0 Å². The Labute approximate surface area is 345 Å². The Balaban J connectivity index is 1.00. The van der Waals surface area contributed by atoms with Crippen LogP contribution in [0.1, 0.15) is 28.9 Å². The molecule has 0 aliphatic carbocycles. The third-order valence-corrected chi connectivity index (χ3v) is 14.1. The SMILES string of the molecule is c1ccc(C2=NC(c3ccc(-c4ccc5ccc6ccccc6c5c4)cc3-c3ccc4ccc5ccccc5c4c3)N3C2C3c2ccc3c(c2)sc2ccccc23)cc1. The van der Waals surface area contributed by atoms with E-state index in [4.69, 9.17) is 4.99 Å². The standard InChI is InChI=1S/C56H36N2S/c1-2-12-38(13-3-1)53-55-54(42-27-28-46-45-16-8-9-17-51(45)59-52(46)33-42)58(55)56(57-53)47-29-26-40(39-24-22-36-20-18-34-10-4-6-14-43(34)48(36)30-39)31-50(47)41-25-23-37-21-19-35-11-5-7-15-44(35)49(37)32-41/h1-33,54-56H. The Morgan fingerprint density at radius 2 is 0.932 bits per heavy atom. The molecule has 59 heavy (non-hydrogen) atoms. The molecular formula is C56H36N2S. The highest BCUT2D eigenvalue weighted by molar-refractivity contribution is 7.25. The Kier molecular flexibility index (Phi) is 7.18. The van der Waals surface area contributed by atoms with Crippen molar-refractivity contribution in [2.24, 2.45) is 4.99 Å². The van der Waals surface area contributed by atoms with Crippen molar-refractivity contribution in [3.05, 3.63) is 217 Å². The van der Waals surface area contributed by atoms with Gasteiger partial charge >= 0.3 is 0 Å². The summed E-state index contributed by atoms with van der Waals surface area (Å²) < 4.78 is 2.69. The third-order valence-electron chi connectivity index (χ3n) is 13.0. The normalized spacial score (nSPS) is 18.6. The maximum atomic E-state index is 5.65. The average Bonchev–Trinajstić information content (AvgIpc) is 3.73. The summed E-state index contributed by atoms with van der Waals surface area (Å²) in [5.74, 6) is 0. The molecule has 4 unspecified atom stereocenters. The van der Waals surface area contributed by atoms with E-state index >= 15 is 0 Å². The smallest absolute Gasteiger partial charge is 0.130 e. The van der Waals surface area contributed by atoms with E-state index in [0.29, 0.717) is 0 Å². The molecular weight excluding hydrogens is 733 g/mol. The van der Waals surface area contributed by atoms with Gasteiger partial charge in [-0.25, -0.2) is 0 Å². The van der Waals surface area contributed by atoms with Crippen molar-refractivity contribution in [1.82, 2.24) is 4.90 Å². The number of hydrogen-bond acceptors (Lipinski definition) is 3. The van der Waals surface area contributed by atoms with Crippen molar-refractivity contribution in [2.45, 2.75) is 18.2 Å². The van der Waals surface area contributed by atoms with Crippen molar-refractivity contribution in [2.75, 3.05) is 0 Å². The first-order chi connectivity index (χ1) is 29.2. The first kappa shape index (κ1) is 33.1. The van der Waals surface area contributed by atoms with Gasteiger partial charge in [0.25, 0.3) is 0 Å². The predicted octanol–water partition coefficient (Wildman–Crippen LogP) is 14.9. The Bertz CT molecular complexity index is 3540. The van der Waals surface area contributed by atoms with Gasteiger partial charge in [0.05, 0.1) is 17.8 Å². The van der Waals surface area contributed by atoms with Gasteiger partial charge in [0, 0.05) is 20.2 Å². The third kappa shape index (κ3) is 5.19. The molecule has 0 N–H and O–H groups in total. The molecule has 2 aliphatic rings. The lowest BCUT2D eigenvalue weighted by Gasteiger charge is -2.20. The van der Waals surface area contributed by atoms with Crippen molar-refractivity contribution in [3.8, 4) is 22.3 Å². The van der Waals surface area contributed by atoms with Crippen LogP contribution in [0.5, 0.6) is 0 Å². The van der Waals surface area contributed by atoms with Crippen molar-refractivity contribution >= 4 is 80.3 Å². The van der Waals surface area contributed by atoms with Gasteiger partial charge in [-0.05, 0) is 112 Å². The zero-order valence-corrected chi connectivity index (χ0v) is 32.9. The molecule has 1 fully saturated rings. The van der Waals surface area contributed by atoms with Gasteiger partial charge in [0.15, 0.2) is 0 Å². The quantitative estimate of drug-likeness (QED) is 0.126. The Morgan fingerprint density at radius 1 is 0.373 bits per heavy atom. The second-order valence-corrected chi connectivity index (χ2v) is 17.3. The van der Waals surface area contributed by atoms with Crippen LogP contribution in [0.2, 0.25) is 0 Å². The van der Waals surface area contributed by atoms with Crippen molar-refractivity contribution in [3.63, 3.8) is 0 Å². The summed E-state index contributed by atoms with van der Waals surface area (Å²) in [5, 5.41) is 12.8. The molecule has 1 aromatic heterocycles. The highest BCUT2D eigenvalue weighted by Gasteiger charge is 2.59. The molecule has 2 aliphatic heterocycles. The molecule has 3 heterocycles. The maximum absolute atomic E-state index is 5.65. The fourth-order valence-corrected chi connectivity index (χ4v) is 11.2. The van der Waals surface area contributed by atoms with Crippen LogP contribution in [-0.4, -0.2) is 16.7 Å². The van der Waals surface area contributed by atoms with Gasteiger partial charge < -0.3 is 0 Å². The molecule has 0 bridgehead atoms. The highest BCUT2D eigenvalue weighted by atomic mass is 32.1. The van der Waals surface area contributed by atoms with Crippen molar-refractivity contribution in [1.29, 1.82) is 0 Å². The predicted molar refractivity (Wildman–Crippen MR) is 251 cm³/mol. The average molecular weight is 769 g/mol. The van der Waals surface area contributed by atoms with Gasteiger partial charge in [-0.1, -0.05) is 170 Å². The lowest BCUT2D eigenvalue weighted by atomic mass is 9.90. The molecule has 0 saturated carbocycles. The monoisotopic (exact) mass is 768 g/mol. The van der Waals surface area contributed by atoms with E-state index in [1.165, 1.54) is 108 Å². The van der Waals surface area contributed by atoms with E-state index in [1.807, 2.05) is 11.3 Å². The molecule has 10 aromatic carbocycles. The molecule has 2 nitrogen and oxygen atoms in total. The fraction of sp³-hybridized carbons (Fsp3) is 0.0536. The first-order valence-corrected chi connectivity index (χ1v) is 21.3. The second kappa shape index (κ2) is 12.8. The largest absolute Gasteiger partial charge is 0.263 e. The maximum Gasteiger partial charge on any atom is 0.130 e. The van der Waals surface area contributed by atoms with Crippen LogP contribution >= 0.6 is 11.3 Å². The van der Waals surface area contributed by atoms with Crippen LogP contribution in [0.15, 0.2) is 205 Å². The minimum atomic E-state index is -0.133. The molecule has 0 radical (unpaired) electrons. The molecule has 0 amide bonds. The molecule has 276 valence electrons. The summed E-state index contributed by atoms with van der Waals surface area (Å²) in [6.07, 6.45) is -0.133. The number of thiophene rings is 1. The van der Waals surface area contributed by atoms with Crippen LogP contribution in [0.3, 0.4) is 0 Å². The summed E-state index contributed by atoms with van der Waals surface area (Å²) in [7, 11) is 0. The topological polar surface area (TPSA) is 15.4 Å². The minimum absolute atomic E-state index is 0.133. The molecule has 3 heteroatoms. The lowest BCUT2D eigenvalue weighted by Crippen LogP contribution is -2.09. The van der Waals surface area contributed by atoms with E-state index in [9.17, 15) is 0 Å². The number of benzene rings is 10. The number of hydrogen-bond donors (Lipinski definition) is 0. The zero-order chi connectivity index (χ0) is 38.6. The van der Waals surface area contributed by atoms with Crippen LogP contribution < -0.4 is 0 Å². The van der Waals surface area contributed by atoms with E-state index < -0.39 is 0 Å². The van der Waals surface area contributed by atoms with Gasteiger partial charge in [-0.2, -0.15) is 0 Å². The fourth-order valence-electron chi connectivity index (χ4n) is 10.0. The lowest BCUT2D eigenvalue weighted by molar-refractivity contribution is 0.405. The summed E-state index contributed by atoms with van der Waals surface area (Å²) in [4.78, 5) is 8.30. The van der Waals surface area contributed by atoms with E-state index in [-0.39, 0.29) is 18.2 Å². The minimum Gasteiger partial charge on any atom is -0.263 e. The number of aliphatic imine (C=N–C) groups is 1. The van der Waals surface area contributed by atoms with E-state index in [2.05, 4.69) is 205 Å². The molecule has 4 atom stereocenters.